The van der Waals surface area contributed by atoms with Crippen molar-refractivity contribution in [3.8, 4) is 5.75 Å². The third kappa shape index (κ3) is 2.25. The molecule has 2 N–H and O–H groups in total. The van der Waals surface area contributed by atoms with E-state index in [0.29, 0.717) is 5.69 Å². The van der Waals surface area contributed by atoms with Gasteiger partial charge in [-0.1, -0.05) is 12.1 Å². The maximum atomic E-state index is 13.0. The molecule has 5 heteroatoms. The van der Waals surface area contributed by atoms with E-state index in [1.54, 1.807) is 24.1 Å². The van der Waals surface area contributed by atoms with Gasteiger partial charge >= 0.3 is 0 Å². The van der Waals surface area contributed by atoms with E-state index in [0.717, 1.165) is 11.3 Å². The van der Waals surface area contributed by atoms with Gasteiger partial charge in [0, 0.05) is 5.69 Å². The summed E-state index contributed by atoms with van der Waals surface area (Å²) in [5, 5.41) is 0. The molecule has 0 aliphatic carbocycles. The van der Waals surface area contributed by atoms with E-state index in [4.69, 9.17) is 10.5 Å². The van der Waals surface area contributed by atoms with Gasteiger partial charge in [-0.2, -0.15) is 0 Å². The van der Waals surface area contributed by atoms with Crippen LogP contribution in [0.5, 0.6) is 5.75 Å². The molecule has 2 aromatic carbocycles. The SMILES string of the molecule is COc1ccc(C2C(N)C(=O)N2c2ccc(F)cc2)cc1. The van der Waals surface area contributed by atoms with Crippen molar-refractivity contribution in [3.63, 3.8) is 0 Å². The van der Waals surface area contributed by atoms with Gasteiger partial charge in [0.15, 0.2) is 0 Å². The van der Waals surface area contributed by atoms with Gasteiger partial charge in [-0.15, -0.1) is 0 Å². The highest BCUT2D eigenvalue weighted by Crippen LogP contribution is 2.38. The molecule has 4 nitrogen and oxygen atoms in total. The molecule has 1 fully saturated rings. The Kier molecular flexibility index (Phi) is 3.35. The molecule has 0 spiro atoms. The molecule has 21 heavy (non-hydrogen) atoms. The van der Waals surface area contributed by atoms with Crippen molar-refractivity contribution in [2.24, 2.45) is 5.73 Å². The minimum Gasteiger partial charge on any atom is -0.497 e. The molecule has 2 unspecified atom stereocenters. The Hall–Kier alpha value is -2.40. The zero-order valence-electron chi connectivity index (χ0n) is 11.5. The van der Waals surface area contributed by atoms with Crippen LogP contribution >= 0.6 is 0 Å². The number of nitrogens with two attached hydrogens (primary N) is 1. The fourth-order valence-corrected chi connectivity index (χ4v) is 2.56. The number of amides is 1. The molecule has 1 aliphatic heterocycles. The lowest BCUT2D eigenvalue weighted by atomic mass is 9.88. The highest BCUT2D eigenvalue weighted by Gasteiger charge is 2.46. The summed E-state index contributed by atoms with van der Waals surface area (Å²) in [4.78, 5) is 13.6. The van der Waals surface area contributed by atoms with Gasteiger partial charge in [0.25, 0.3) is 0 Å². The molecule has 0 aromatic heterocycles. The van der Waals surface area contributed by atoms with Gasteiger partial charge < -0.3 is 15.4 Å². The van der Waals surface area contributed by atoms with Crippen molar-refractivity contribution in [3.05, 3.63) is 59.9 Å². The molecular weight excluding hydrogens is 271 g/mol. The molecule has 1 aliphatic rings. The summed E-state index contributed by atoms with van der Waals surface area (Å²) in [6.07, 6.45) is 0. The van der Waals surface area contributed by atoms with Crippen LogP contribution in [0.2, 0.25) is 0 Å². The van der Waals surface area contributed by atoms with Crippen LogP contribution in [0, 0.1) is 5.82 Å². The van der Waals surface area contributed by atoms with E-state index in [1.165, 1.54) is 12.1 Å². The van der Waals surface area contributed by atoms with Gasteiger partial charge in [0.2, 0.25) is 5.91 Å². The smallest absolute Gasteiger partial charge is 0.247 e. The van der Waals surface area contributed by atoms with Crippen molar-refractivity contribution in [2.75, 3.05) is 12.0 Å². The molecule has 3 rings (SSSR count). The number of carbonyl (C=O) groups is 1. The zero-order valence-corrected chi connectivity index (χ0v) is 11.5. The highest BCUT2D eigenvalue weighted by atomic mass is 19.1. The molecule has 1 amide bonds. The first-order chi connectivity index (χ1) is 10.1. The number of ether oxygens (including phenoxy) is 1. The first-order valence-corrected chi connectivity index (χ1v) is 6.60. The van der Waals surface area contributed by atoms with Crippen LogP contribution in [0.4, 0.5) is 10.1 Å². The van der Waals surface area contributed by atoms with E-state index in [-0.39, 0.29) is 17.8 Å². The highest BCUT2D eigenvalue weighted by molar-refractivity contribution is 6.05. The predicted molar refractivity (Wildman–Crippen MR) is 77.6 cm³/mol. The van der Waals surface area contributed by atoms with Crippen LogP contribution in [0.1, 0.15) is 11.6 Å². The number of rotatable bonds is 3. The second-order valence-corrected chi connectivity index (χ2v) is 4.93. The van der Waals surface area contributed by atoms with Crippen molar-refractivity contribution < 1.29 is 13.9 Å². The average molecular weight is 286 g/mol. The minimum absolute atomic E-state index is 0.164. The Morgan fingerprint density at radius 3 is 2.29 bits per heavy atom. The Balaban J connectivity index is 1.92. The molecule has 0 saturated carbocycles. The zero-order chi connectivity index (χ0) is 15.0. The Labute approximate surface area is 121 Å². The summed E-state index contributed by atoms with van der Waals surface area (Å²) in [6, 6.07) is 12.4. The predicted octanol–water partition coefficient (Wildman–Crippen LogP) is 2.25. The molecule has 1 heterocycles. The minimum atomic E-state index is -0.580. The van der Waals surface area contributed by atoms with E-state index in [1.807, 2.05) is 24.3 Å². The second-order valence-electron chi connectivity index (χ2n) is 4.93. The number of carbonyl (C=O) groups excluding carboxylic acids is 1. The number of benzene rings is 2. The lowest BCUT2D eigenvalue weighted by Crippen LogP contribution is -2.63. The number of methoxy groups -OCH3 is 1. The van der Waals surface area contributed by atoms with E-state index in [2.05, 4.69) is 0 Å². The van der Waals surface area contributed by atoms with Crippen LogP contribution in [0.15, 0.2) is 48.5 Å². The Morgan fingerprint density at radius 2 is 1.71 bits per heavy atom. The van der Waals surface area contributed by atoms with Crippen LogP contribution in [-0.4, -0.2) is 19.1 Å². The molecule has 1 saturated heterocycles. The van der Waals surface area contributed by atoms with E-state index >= 15 is 0 Å². The third-order valence-corrected chi connectivity index (χ3v) is 3.70. The Bertz CT molecular complexity index is 655. The topological polar surface area (TPSA) is 55.6 Å². The number of halogens is 1. The lowest BCUT2D eigenvalue weighted by molar-refractivity contribution is -0.126. The van der Waals surface area contributed by atoms with Gasteiger partial charge in [-0.25, -0.2) is 4.39 Å². The molecule has 0 bridgehead atoms. The quantitative estimate of drug-likeness (QED) is 0.880. The molecule has 2 atom stereocenters. The van der Waals surface area contributed by atoms with Crippen LogP contribution in [0.25, 0.3) is 0 Å². The second kappa shape index (κ2) is 5.18. The summed E-state index contributed by atoms with van der Waals surface area (Å²) in [7, 11) is 1.60. The maximum absolute atomic E-state index is 13.0. The van der Waals surface area contributed by atoms with Crippen LogP contribution < -0.4 is 15.4 Å². The van der Waals surface area contributed by atoms with Crippen molar-refractivity contribution in [1.82, 2.24) is 0 Å². The number of nitrogens with zero attached hydrogens (tertiary/aromatic N) is 1. The maximum Gasteiger partial charge on any atom is 0.247 e. The number of β-lactam (4-membered cyclic amide) rings is 1. The summed E-state index contributed by atoms with van der Waals surface area (Å²) in [5.41, 5.74) is 7.50. The molecule has 108 valence electrons. The normalized spacial score (nSPS) is 21.1. The molecule has 2 aromatic rings. The number of hydrogen-bond acceptors (Lipinski definition) is 3. The first kappa shape index (κ1) is 13.6. The average Bonchev–Trinajstić information content (AvgIpc) is 2.53. The van der Waals surface area contributed by atoms with Crippen LogP contribution in [-0.2, 0) is 4.79 Å². The third-order valence-electron chi connectivity index (χ3n) is 3.70. The van der Waals surface area contributed by atoms with Crippen molar-refractivity contribution >= 4 is 11.6 Å². The Morgan fingerprint density at radius 1 is 1.10 bits per heavy atom. The summed E-state index contributed by atoms with van der Waals surface area (Å²) in [6.45, 7) is 0. The standard InChI is InChI=1S/C16H15FN2O2/c1-21-13-8-2-10(3-9-13)15-14(18)16(20)19(15)12-6-4-11(17)5-7-12/h2-9,14-15H,18H2,1H3. The number of hydrogen-bond donors (Lipinski definition) is 1. The summed E-state index contributed by atoms with van der Waals surface area (Å²) < 4.78 is 18.1. The largest absolute Gasteiger partial charge is 0.497 e. The summed E-state index contributed by atoms with van der Waals surface area (Å²) in [5.74, 6) is 0.241. The molecular formula is C16H15FN2O2. The van der Waals surface area contributed by atoms with Crippen molar-refractivity contribution in [2.45, 2.75) is 12.1 Å². The first-order valence-electron chi connectivity index (χ1n) is 6.60. The van der Waals surface area contributed by atoms with E-state index in [9.17, 15) is 9.18 Å². The fourth-order valence-electron chi connectivity index (χ4n) is 2.56. The van der Waals surface area contributed by atoms with Gasteiger partial charge in [0.1, 0.15) is 17.6 Å². The van der Waals surface area contributed by atoms with Gasteiger partial charge in [0.05, 0.1) is 13.2 Å². The van der Waals surface area contributed by atoms with Gasteiger partial charge in [-0.3, -0.25) is 4.79 Å². The molecule has 0 radical (unpaired) electrons. The van der Waals surface area contributed by atoms with Crippen LogP contribution in [0.3, 0.4) is 0 Å². The van der Waals surface area contributed by atoms with E-state index < -0.39 is 6.04 Å². The van der Waals surface area contributed by atoms with Gasteiger partial charge in [-0.05, 0) is 42.0 Å². The monoisotopic (exact) mass is 286 g/mol. The number of anilines is 1. The lowest BCUT2D eigenvalue weighted by Gasteiger charge is -2.45. The van der Waals surface area contributed by atoms with Crippen molar-refractivity contribution in [1.29, 1.82) is 0 Å². The fraction of sp³-hybridized carbons (Fsp3) is 0.188. The summed E-state index contributed by atoms with van der Waals surface area (Å²) >= 11 is 0.